The summed E-state index contributed by atoms with van der Waals surface area (Å²) in [7, 11) is 0. The Labute approximate surface area is 688 Å². The average molecular weight is 1530 g/mol. The second-order valence-corrected chi connectivity index (χ2v) is 31.4. The van der Waals surface area contributed by atoms with Crippen molar-refractivity contribution in [2.45, 2.75) is 0 Å². The molecule has 0 N–H and O–H groups in total. The Morgan fingerprint density at radius 2 is 0.358 bits per heavy atom. The number of hydrogen-bond acceptors (Lipinski definition) is 3. The zero-order chi connectivity index (χ0) is 78.6. The van der Waals surface area contributed by atoms with Gasteiger partial charge in [-0.05, 0) is 201 Å². The highest BCUT2D eigenvalue weighted by Gasteiger charge is 2.27. The Balaban J connectivity index is 0.761. The summed E-state index contributed by atoms with van der Waals surface area (Å²) in [5.74, 6) is 1.47. The van der Waals surface area contributed by atoms with Gasteiger partial charge in [0, 0.05) is 92.9 Å². The van der Waals surface area contributed by atoms with Crippen molar-refractivity contribution in [1.82, 2.24) is 42.4 Å². The van der Waals surface area contributed by atoms with Gasteiger partial charge in [-0.1, -0.05) is 273 Å². The van der Waals surface area contributed by atoms with E-state index in [0.29, 0.717) is 17.7 Å². The Morgan fingerprint density at radius 3 is 0.658 bits per heavy atom. The molecule has 0 spiro atoms. The maximum absolute atomic E-state index is 6.08. The van der Waals surface area contributed by atoms with Crippen LogP contribution in [0.2, 0.25) is 0 Å². The van der Waals surface area contributed by atoms with Crippen molar-refractivity contribution < 1.29 is 0 Å². The first-order valence-corrected chi connectivity index (χ1v) is 41.0. The van der Waals surface area contributed by atoms with Crippen LogP contribution in [0.25, 0.3) is 233 Å². The predicted octanol–water partition coefficient (Wildman–Crippen LogP) is 28.5. The number of benzene rings is 18. The second kappa shape index (κ2) is 26.7. The number of aromatic nitrogens is 9. The molecular formula is C111H69N9. The lowest BCUT2D eigenvalue weighted by Gasteiger charge is -2.15. The fourth-order valence-electron chi connectivity index (χ4n) is 19.4. The summed E-state index contributed by atoms with van der Waals surface area (Å²) >= 11 is 0. The summed E-state index contributed by atoms with van der Waals surface area (Å²) in [6, 6.07) is 153. The summed E-state index contributed by atoms with van der Waals surface area (Å²) in [5, 5.41) is 13.7. The van der Waals surface area contributed by atoms with Gasteiger partial charge in [0.2, 0.25) is 11.9 Å². The Morgan fingerprint density at radius 1 is 0.133 bits per heavy atom. The van der Waals surface area contributed by atoms with Crippen molar-refractivity contribution in [3.63, 3.8) is 0 Å². The van der Waals surface area contributed by atoms with Crippen molar-refractivity contribution in [2.24, 2.45) is 0 Å². The number of hydrogen-bond donors (Lipinski definition) is 0. The molecule has 0 radical (unpaired) electrons. The summed E-state index contributed by atoms with van der Waals surface area (Å²) < 4.78 is 14.2. The molecule has 7 heterocycles. The standard InChI is InChI=1S/C111H69N9/c1-6-26-70(27-7-1)83-36-16-17-41-92(83)109-112-110(119-105-66-75(71-50-58-101-93(62-71)84-37-18-22-42-97(84)115(101)79-28-8-2-9-29-79)46-54-88(105)89-55-47-76(67-106(89)119)72-51-59-102-94(63-72)85-38-19-23-43-98(85)116(102)80-30-10-3-11-31-80)114-111(113-109)120-107-68-77(73-52-60-103-95(64-73)86-39-20-24-44-99(86)117(103)81-32-12-4-13-33-81)48-56-90(107)91-57-49-78(69-108(91)120)74-53-61-104-96(65-74)87-40-21-25-45-100(87)118(104)82-34-14-5-15-35-82/h1-69H. The van der Waals surface area contributed by atoms with Crippen LogP contribution in [0.3, 0.4) is 0 Å². The van der Waals surface area contributed by atoms with Crippen LogP contribution in [0.15, 0.2) is 419 Å². The molecule has 25 aromatic rings. The molecule has 0 saturated heterocycles. The minimum atomic E-state index is 0.470. The molecule has 7 aromatic heterocycles. The zero-order valence-corrected chi connectivity index (χ0v) is 64.9. The third kappa shape index (κ3) is 10.4. The lowest BCUT2D eigenvalue weighted by atomic mass is 9.99. The first kappa shape index (κ1) is 67.1. The van der Waals surface area contributed by atoms with Crippen molar-refractivity contribution in [2.75, 3.05) is 0 Å². The van der Waals surface area contributed by atoms with Gasteiger partial charge in [-0.15, -0.1) is 0 Å². The van der Waals surface area contributed by atoms with Crippen molar-refractivity contribution in [3.8, 4) is 102 Å². The van der Waals surface area contributed by atoms with Gasteiger partial charge in [0.05, 0.1) is 66.2 Å². The van der Waals surface area contributed by atoms with Crippen LogP contribution >= 0.6 is 0 Å². The summed E-state index contributed by atoms with van der Waals surface area (Å²) in [4.78, 5) is 17.9. The molecule has 0 aliphatic heterocycles. The minimum Gasteiger partial charge on any atom is -0.309 e. The molecule has 0 aliphatic carbocycles. The van der Waals surface area contributed by atoms with E-state index in [1.807, 2.05) is 0 Å². The summed E-state index contributed by atoms with van der Waals surface area (Å²) in [6.07, 6.45) is 0. The molecule has 0 saturated carbocycles. The van der Waals surface area contributed by atoms with Crippen LogP contribution < -0.4 is 0 Å². The number of nitrogens with zero attached hydrogens (tertiary/aromatic N) is 9. The molecule has 25 rings (SSSR count). The van der Waals surface area contributed by atoms with Crippen LogP contribution in [0, 0.1) is 0 Å². The zero-order valence-electron chi connectivity index (χ0n) is 64.9. The SMILES string of the molecule is c1ccc(-c2ccccc2-c2nc(-n3c4cc(-c5ccc6c(c5)c5ccccc5n6-c5ccccc5)ccc4c4ccc(-c5ccc6c(c5)c5ccccc5n6-c5ccccc5)cc43)nc(-n3c4cc(-c5ccc6c(c5)c5ccccc5n6-c5ccccc5)ccc4c4ccc(-c5ccc6c(c5)c5ccccc5n6-c5ccccc5)cc43)n2)cc1. The summed E-state index contributed by atoms with van der Waals surface area (Å²) in [6.45, 7) is 0. The molecule has 9 nitrogen and oxygen atoms in total. The van der Waals surface area contributed by atoms with E-state index >= 15 is 0 Å². The lowest BCUT2D eigenvalue weighted by molar-refractivity contribution is 0.893. The monoisotopic (exact) mass is 1530 g/mol. The molecular weight excluding hydrogens is 1460 g/mol. The van der Waals surface area contributed by atoms with Gasteiger partial charge in [0.1, 0.15) is 0 Å². The number of para-hydroxylation sites is 8. The predicted molar refractivity (Wildman–Crippen MR) is 498 cm³/mol. The van der Waals surface area contributed by atoms with Crippen LogP contribution in [0.5, 0.6) is 0 Å². The van der Waals surface area contributed by atoms with Gasteiger partial charge in [-0.3, -0.25) is 9.13 Å². The third-order valence-corrected chi connectivity index (χ3v) is 24.9. The van der Waals surface area contributed by atoms with E-state index < -0.39 is 0 Å². The van der Waals surface area contributed by atoms with Crippen LogP contribution in [0.4, 0.5) is 0 Å². The Hall–Kier alpha value is -16.2. The largest absolute Gasteiger partial charge is 0.309 e. The van der Waals surface area contributed by atoms with Crippen LogP contribution in [0.1, 0.15) is 0 Å². The van der Waals surface area contributed by atoms with Crippen molar-refractivity contribution in [1.29, 1.82) is 0 Å². The van der Waals surface area contributed by atoms with Crippen molar-refractivity contribution in [3.05, 3.63) is 419 Å². The average Bonchev–Trinajstić information content (AvgIpc) is 1.56. The highest BCUT2D eigenvalue weighted by atomic mass is 15.3. The first-order chi connectivity index (χ1) is 59.5. The molecule has 9 heteroatoms. The second-order valence-electron chi connectivity index (χ2n) is 31.4. The van der Waals surface area contributed by atoms with E-state index in [4.69, 9.17) is 15.0 Å². The minimum absolute atomic E-state index is 0.470. The Kier molecular flexibility index (Phi) is 14.9. The number of fused-ring (bicyclic) bond motifs is 18. The molecule has 0 fully saturated rings. The molecule has 0 bridgehead atoms. The molecule has 0 atom stereocenters. The van der Waals surface area contributed by atoms with E-state index in [-0.39, 0.29) is 0 Å². The Bertz CT molecular complexity index is 7630. The highest BCUT2D eigenvalue weighted by molar-refractivity contribution is 6.17. The van der Waals surface area contributed by atoms with E-state index in [9.17, 15) is 0 Å². The fraction of sp³-hybridized carbons (Fsp3) is 0. The van der Waals surface area contributed by atoms with Gasteiger partial charge < -0.3 is 18.3 Å². The van der Waals surface area contributed by atoms with E-state index in [0.717, 1.165) is 172 Å². The molecule has 558 valence electrons. The van der Waals surface area contributed by atoms with E-state index in [1.165, 1.54) is 43.1 Å². The lowest BCUT2D eigenvalue weighted by Crippen LogP contribution is -2.10. The van der Waals surface area contributed by atoms with E-state index in [1.54, 1.807) is 0 Å². The normalized spacial score (nSPS) is 12.0. The summed E-state index contributed by atoms with van der Waals surface area (Å²) in [5.41, 5.74) is 29.0. The van der Waals surface area contributed by atoms with Gasteiger partial charge in [0.25, 0.3) is 0 Å². The smallest absolute Gasteiger partial charge is 0.240 e. The quantitative estimate of drug-likeness (QED) is 0.122. The van der Waals surface area contributed by atoms with Gasteiger partial charge in [-0.25, -0.2) is 0 Å². The molecule has 0 amide bonds. The molecule has 120 heavy (non-hydrogen) atoms. The maximum atomic E-state index is 6.08. The molecule has 0 unspecified atom stereocenters. The number of rotatable bonds is 12. The third-order valence-electron chi connectivity index (χ3n) is 24.9. The molecule has 0 aliphatic rings. The van der Waals surface area contributed by atoms with Crippen molar-refractivity contribution >= 4 is 131 Å². The first-order valence-electron chi connectivity index (χ1n) is 41.0. The van der Waals surface area contributed by atoms with Gasteiger partial charge >= 0.3 is 0 Å². The molecule has 18 aromatic carbocycles. The van der Waals surface area contributed by atoms with E-state index in [2.05, 4.69) is 446 Å². The topological polar surface area (TPSA) is 68.2 Å². The van der Waals surface area contributed by atoms with Crippen LogP contribution in [-0.2, 0) is 0 Å². The van der Waals surface area contributed by atoms with Gasteiger partial charge in [-0.2, -0.15) is 15.0 Å². The highest BCUT2D eigenvalue weighted by Crippen LogP contribution is 2.46. The maximum Gasteiger partial charge on any atom is 0.240 e. The fourth-order valence-corrected chi connectivity index (χ4v) is 19.4. The van der Waals surface area contributed by atoms with Crippen LogP contribution in [-0.4, -0.2) is 42.4 Å². The van der Waals surface area contributed by atoms with Gasteiger partial charge in [0.15, 0.2) is 5.82 Å².